The third kappa shape index (κ3) is 4.11. The predicted molar refractivity (Wildman–Crippen MR) is 79.3 cm³/mol. The van der Waals surface area contributed by atoms with Gasteiger partial charge in [-0.3, -0.25) is 4.79 Å². The van der Waals surface area contributed by atoms with Crippen molar-refractivity contribution in [2.75, 3.05) is 31.1 Å². The average Bonchev–Trinajstić information content (AvgIpc) is 2.40. The Morgan fingerprint density at radius 2 is 2.16 bits per heavy atom. The molecule has 0 unspecified atom stereocenters. The zero-order valence-corrected chi connectivity index (χ0v) is 12.0. The second kappa shape index (κ2) is 8.02. The number of halogens is 1. The second-order valence-electron chi connectivity index (χ2n) is 4.39. The van der Waals surface area contributed by atoms with E-state index in [2.05, 4.69) is 12.2 Å². The van der Waals surface area contributed by atoms with Gasteiger partial charge in [0.15, 0.2) is 0 Å². The monoisotopic (exact) mass is 284 g/mol. The number of nitrogens with zero attached hydrogens (tertiary/aromatic N) is 1. The highest BCUT2D eigenvalue weighted by Gasteiger charge is 2.21. The van der Waals surface area contributed by atoms with Gasteiger partial charge >= 0.3 is 0 Å². The number of carbonyl (C=O) groups is 1. The van der Waals surface area contributed by atoms with Crippen LogP contribution in [0.1, 0.15) is 19.8 Å². The Morgan fingerprint density at radius 1 is 1.37 bits per heavy atom. The standard InChI is InChI=1S/C14H20N2O2.ClH/c1-2-3-10-18-13-7-5-4-6-12(13)16-9-8-15-11-14(16)17;/h4-7,15H,2-3,8-11H2,1H3;1H. The fraction of sp³-hybridized carbons (Fsp3) is 0.500. The van der Waals surface area contributed by atoms with Gasteiger partial charge in [0, 0.05) is 13.1 Å². The summed E-state index contributed by atoms with van der Waals surface area (Å²) in [4.78, 5) is 13.7. The minimum absolute atomic E-state index is 0. The number of para-hydroxylation sites is 2. The molecule has 1 aliphatic rings. The molecule has 1 N–H and O–H groups in total. The van der Waals surface area contributed by atoms with Gasteiger partial charge in [0.1, 0.15) is 5.75 Å². The SMILES string of the molecule is CCCCOc1ccccc1N1CCNCC1=O.Cl. The Morgan fingerprint density at radius 3 is 2.89 bits per heavy atom. The van der Waals surface area contributed by atoms with E-state index < -0.39 is 0 Å². The first-order valence-electron chi connectivity index (χ1n) is 6.56. The maximum atomic E-state index is 11.9. The first kappa shape index (κ1) is 15.8. The smallest absolute Gasteiger partial charge is 0.241 e. The summed E-state index contributed by atoms with van der Waals surface area (Å²) in [5.41, 5.74) is 0.889. The van der Waals surface area contributed by atoms with E-state index in [-0.39, 0.29) is 18.3 Å². The summed E-state index contributed by atoms with van der Waals surface area (Å²) in [7, 11) is 0. The Hall–Kier alpha value is -1.26. The maximum Gasteiger partial charge on any atom is 0.241 e. The van der Waals surface area contributed by atoms with Gasteiger partial charge in [0.2, 0.25) is 5.91 Å². The molecule has 19 heavy (non-hydrogen) atoms. The summed E-state index contributed by atoms with van der Waals surface area (Å²) in [6, 6.07) is 7.76. The predicted octanol–water partition coefficient (Wildman–Crippen LogP) is 2.22. The van der Waals surface area contributed by atoms with Gasteiger partial charge in [-0.2, -0.15) is 0 Å². The van der Waals surface area contributed by atoms with Crippen LogP contribution in [0.4, 0.5) is 5.69 Å². The number of anilines is 1. The molecule has 0 saturated carbocycles. The molecule has 0 spiro atoms. The largest absolute Gasteiger partial charge is 0.491 e. The van der Waals surface area contributed by atoms with Crippen LogP contribution in [0.2, 0.25) is 0 Å². The fourth-order valence-electron chi connectivity index (χ4n) is 1.99. The van der Waals surface area contributed by atoms with Crippen LogP contribution in [0.3, 0.4) is 0 Å². The highest BCUT2D eigenvalue weighted by molar-refractivity contribution is 5.96. The molecule has 2 rings (SSSR count). The molecule has 4 nitrogen and oxygen atoms in total. The number of piperazine rings is 1. The van der Waals surface area contributed by atoms with Crippen molar-refractivity contribution in [2.45, 2.75) is 19.8 Å². The number of benzene rings is 1. The number of rotatable bonds is 5. The maximum absolute atomic E-state index is 11.9. The number of hydrogen-bond donors (Lipinski definition) is 1. The van der Waals surface area contributed by atoms with Crippen LogP contribution in [-0.2, 0) is 4.79 Å². The van der Waals surface area contributed by atoms with Crippen LogP contribution >= 0.6 is 12.4 Å². The number of amides is 1. The highest BCUT2D eigenvalue weighted by Crippen LogP contribution is 2.28. The summed E-state index contributed by atoms with van der Waals surface area (Å²) < 4.78 is 5.76. The van der Waals surface area contributed by atoms with Crippen LogP contribution in [0, 0.1) is 0 Å². The van der Waals surface area contributed by atoms with Gasteiger partial charge in [-0.25, -0.2) is 0 Å². The van der Waals surface area contributed by atoms with E-state index in [1.54, 1.807) is 4.90 Å². The van der Waals surface area contributed by atoms with Crippen molar-refractivity contribution in [1.29, 1.82) is 0 Å². The Labute approximate surface area is 120 Å². The van der Waals surface area contributed by atoms with Crippen LogP contribution in [-0.4, -0.2) is 32.1 Å². The summed E-state index contributed by atoms with van der Waals surface area (Å²) in [6.07, 6.45) is 2.14. The minimum atomic E-state index is 0. The summed E-state index contributed by atoms with van der Waals surface area (Å²) in [5.74, 6) is 0.911. The number of hydrogen-bond acceptors (Lipinski definition) is 3. The molecule has 1 amide bonds. The molecule has 1 aliphatic heterocycles. The van der Waals surface area contributed by atoms with Gasteiger partial charge in [-0.15, -0.1) is 12.4 Å². The van der Waals surface area contributed by atoms with Gasteiger partial charge in [0.25, 0.3) is 0 Å². The average molecular weight is 285 g/mol. The Balaban J connectivity index is 0.00000180. The van der Waals surface area contributed by atoms with Crippen LogP contribution < -0.4 is 15.0 Å². The van der Waals surface area contributed by atoms with E-state index in [1.807, 2.05) is 24.3 Å². The lowest BCUT2D eigenvalue weighted by Gasteiger charge is -2.28. The van der Waals surface area contributed by atoms with E-state index in [9.17, 15) is 4.79 Å². The van der Waals surface area contributed by atoms with Crippen molar-refractivity contribution in [3.8, 4) is 5.75 Å². The molecule has 1 saturated heterocycles. The van der Waals surface area contributed by atoms with Crippen LogP contribution in [0.25, 0.3) is 0 Å². The summed E-state index contributed by atoms with van der Waals surface area (Å²) in [6.45, 7) is 4.77. The summed E-state index contributed by atoms with van der Waals surface area (Å²) in [5, 5.41) is 3.07. The molecule has 1 heterocycles. The third-order valence-corrected chi connectivity index (χ3v) is 3.00. The topological polar surface area (TPSA) is 41.6 Å². The lowest BCUT2D eigenvalue weighted by Crippen LogP contribution is -2.48. The molecule has 1 aromatic carbocycles. The lowest BCUT2D eigenvalue weighted by molar-refractivity contribution is -0.118. The van der Waals surface area contributed by atoms with E-state index in [1.165, 1.54) is 0 Å². The zero-order chi connectivity index (χ0) is 12.8. The third-order valence-electron chi connectivity index (χ3n) is 3.00. The van der Waals surface area contributed by atoms with E-state index in [4.69, 9.17) is 4.74 Å². The second-order valence-corrected chi connectivity index (χ2v) is 4.39. The normalized spacial score (nSPS) is 15.0. The fourth-order valence-corrected chi connectivity index (χ4v) is 1.99. The molecular weight excluding hydrogens is 264 g/mol. The van der Waals surface area contributed by atoms with Gasteiger partial charge in [0.05, 0.1) is 18.8 Å². The quantitative estimate of drug-likeness (QED) is 0.843. The van der Waals surface area contributed by atoms with Crippen molar-refractivity contribution in [3.05, 3.63) is 24.3 Å². The van der Waals surface area contributed by atoms with Crippen LogP contribution in [0.15, 0.2) is 24.3 Å². The number of carbonyl (C=O) groups excluding carboxylic acids is 1. The van der Waals surface area contributed by atoms with Gasteiger partial charge in [-0.05, 0) is 18.6 Å². The Bertz CT molecular complexity index is 412. The van der Waals surface area contributed by atoms with E-state index in [0.29, 0.717) is 19.7 Å². The first-order valence-corrected chi connectivity index (χ1v) is 6.56. The van der Waals surface area contributed by atoms with Crippen molar-refractivity contribution in [3.63, 3.8) is 0 Å². The Kier molecular flexibility index (Phi) is 6.67. The van der Waals surface area contributed by atoms with E-state index >= 15 is 0 Å². The summed E-state index contributed by atoms with van der Waals surface area (Å²) >= 11 is 0. The molecule has 0 aliphatic carbocycles. The molecule has 0 aromatic heterocycles. The zero-order valence-electron chi connectivity index (χ0n) is 11.2. The molecule has 0 bridgehead atoms. The van der Waals surface area contributed by atoms with Crippen molar-refractivity contribution < 1.29 is 9.53 Å². The molecule has 0 atom stereocenters. The number of unbranched alkanes of at least 4 members (excludes halogenated alkanes) is 1. The first-order chi connectivity index (χ1) is 8.83. The molecule has 106 valence electrons. The number of nitrogens with one attached hydrogen (secondary N) is 1. The molecule has 5 heteroatoms. The lowest BCUT2D eigenvalue weighted by atomic mass is 10.2. The van der Waals surface area contributed by atoms with Gasteiger partial charge in [-0.1, -0.05) is 25.5 Å². The van der Waals surface area contributed by atoms with E-state index in [0.717, 1.165) is 30.8 Å². The molecule has 0 radical (unpaired) electrons. The van der Waals surface area contributed by atoms with Gasteiger partial charge < -0.3 is 15.0 Å². The van der Waals surface area contributed by atoms with Crippen molar-refractivity contribution in [1.82, 2.24) is 5.32 Å². The molecule has 1 fully saturated rings. The molecular formula is C14H21ClN2O2. The highest BCUT2D eigenvalue weighted by atomic mass is 35.5. The molecule has 1 aromatic rings. The van der Waals surface area contributed by atoms with Crippen molar-refractivity contribution >= 4 is 24.0 Å². The number of ether oxygens (including phenoxy) is 1. The van der Waals surface area contributed by atoms with Crippen LogP contribution in [0.5, 0.6) is 5.75 Å². The van der Waals surface area contributed by atoms with Crippen molar-refractivity contribution in [2.24, 2.45) is 0 Å². The minimum Gasteiger partial charge on any atom is -0.491 e.